The van der Waals surface area contributed by atoms with E-state index in [1.165, 1.54) is 0 Å². The first-order chi connectivity index (χ1) is 7.93. The molecule has 17 heavy (non-hydrogen) atoms. The fourth-order valence-corrected chi connectivity index (χ4v) is 3.21. The minimum atomic E-state index is -3.12. The van der Waals surface area contributed by atoms with E-state index >= 15 is 0 Å². The molecule has 0 aromatic carbocycles. The topological polar surface area (TPSA) is 58.2 Å². The van der Waals surface area contributed by atoms with E-state index in [1.54, 1.807) is 0 Å². The monoisotopic (exact) mass is 264 g/mol. The van der Waals surface area contributed by atoms with E-state index in [-0.39, 0.29) is 11.8 Å². The molecule has 0 radical (unpaired) electrons. The lowest BCUT2D eigenvalue weighted by molar-refractivity contribution is 0.437. The molecule has 104 valence electrons. The molecule has 1 unspecified atom stereocenters. The van der Waals surface area contributed by atoms with E-state index in [9.17, 15) is 8.42 Å². The van der Waals surface area contributed by atoms with Gasteiger partial charge in [-0.15, -0.1) is 0 Å². The molecule has 0 aliphatic heterocycles. The zero-order valence-corrected chi connectivity index (χ0v) is 12.4. The molecule has 4 nitrogen and oxygen atoms in total. The van der Waals surface area contributed by atoms with Crippen molar-refractivity contribution >= 4 is 10.0 Å². The Morgan fingerprint density at radius 2 is 1.76 bits per heavy atom. The quantitative estimate of drug-likeness (QED) is 0.591. The van der Waals surface area contributed by atoms with Crippen molar-refractivity contribution in [3.63, 3.8) is 0 Å². The van der Waals surface area contributed by atoms with Crippen LogP contribution in [0.2, 0.25) is 0 Å². The van der Waals surface area contributed by atoms with Crippen molar-refractivity contribution < 1.29 is 8.42 Å². The highest BCUT2D eigenvalue weighted by Gasteiger charge is 2.18. The van der Waals surface area contributed by atoms with Crippen LogP contribution in [-0.2, 0) is 10.0 Å². The van der Waals surface area contributed by atoms with Crippen molar-refractivity contribution in [3.8, 4) is 0 Å². The lowest BCUT2D eigenvalue weighted by atomic mass is 10.0. The molecule has 0 aliphatic carbocycles. The third-order valence-corrected chi connectivity index (χ3v) is 4.26. The van der Waals surface area contributed by atoms with Crippen molar-refractivity contribution in [2.24, 2.45) is 5.92 Å². The molecule has 0 aromatic heterocycles. The SMILES string of the molecule is CCCNCCCS(=O)(=O)NC(CC)C(C)C. The Balaban J connectivity index is 3.94. The largest absolute Gasteiger partial charge is 0.317 e. The lowest BCUT2D eigenvalue weighted by Gasteiger charge is -2.20. The van der Waals surface area contributed by atoms with Gasteiger partial charge in [0.2, 0.25) is 10.0 Å². The van der Waals surface area contributed by atoms with Gasteiger partial charge in [0, 0.05) is 6.04 Å². The summed E-state index contributed by atoms with van der Waals surface area (Å²) >= 11 is 0. The molecule has 0 bridgehead atoms. The molecule has 5 heteroatoms. The number of nitrogens with one attached hydrogen (secondary N) is 2. The van der Waals surface area contributed by atoms with Gasteiger partial charge in [-0.3, -0.25) is 0 Å². The van der Waals surface area contributed by atoms with Crippen LogP contribution < -0.4 is 10.0 Å². The van der Waals surface area contributed by atoms with Crippen LogP contribution in [0.25, 0.3) is 0 Å². The second-order valence-electron chi connectivity index (χ2n) is 4.80. The fraction of sp³-hybridized carbons (Fsp3) is 1.00. The average molecular weight is 264 g/mol. The molecule has 0 aromatic rings. The van der Waals surface area contributed by atoms with Gasteiger partial charge < -0.3 is 5.32 Å². The van der Waals surface area contributed by atoms with E-state index in [0.717, 1.165) is 25.9 Å². The Kier molecular flexibility index (Phi) is 8.82. The molecule has 0 rings (SSSR count). The first kappa shape index (κ1) is 16.9. The van der Waals surface area contributed by atoms with E-state index < -0.39 is 10.0 Å². The van der Waals surface area contributed by atoms with Crippen molar-refractivity contribution in [1.29, 1.82) is 0 Å². The molecule has 1 atom stereocenters. The predicted octanol–water partition coefficient (Wildman–Crippen LogP) is 1.73. The highest BCUT2D eigenvalue weighted by Crippen LogP contribution is 2.07. The first-order valence-electron chi connectivity index (χ1n) is 6.63. The molecule has 0 fully saturated rings. The van der Waals surface area contributed by atoms with Gasteiger partial charge in [0.25, 0.3) is 0 Å². The summed E-state index contributed by atoms with van der Waals surface area (Å²) in [7, 11) is -3.12. The van der Waals surface area contributed by atoms with Crippen LogP contribution >= 0.6 is 0 Å². The zero-order valence-electron chi connectivity index (χ0n) is 11.6. The summed E-state index contributed by atoms with van der Waals surface area (Å²) in [6.45, 7) is 9.92. The van der Waals surface area contributed by atoms with Crippen LogP contribution in [0.1, 0.15) is 47.0 Å². The van der Waals surface area contributed by atoms with Crippen LogP contribution in [0.4, 0.5) is 0 Å². The van der Waals surface area contributed by atoms with Crippen molar-refractivity contribution in [1.82, 2.24) is 10.0 Å². The Hall–Kier alpha value is -0.130. The standard InChI is InChI=1S/C12H28N2O2S/c1-5-8-13-9-7-10-17(15,16)14-12(6-2)11(3)4/h11-14H,5-10H2,1-4H3. The maximum Gasteiger partial charge on any atom is 0.211 e. The van der Waals surface area contributed by atoms with Crippen LogP contribution in [-0.4, -0.2) is 33.3 Å². The average Bonchev–Trinajstić information content (AvgIpc) is 2.25. The molecular weight excluding hydrogens is 236 g/mol. The van der Waals surface area contributed by atoms with Crippen LogP contribution in [0, 0.1) is 5.92 Å². The minimum Gasteiger partial charge on any atom is -0.317 e. The second kappa shape index (κ2) is 8.89. The summed E-state index contributed by atoms with van der Waals surface area (Å²) in [6, 6.07) is 0.0589. The van der Waals surface area contributed by atoms with Gasteiger partial charge in [0.05, 0.1) is 5.75 Å². The van der Waals surface area contributed by atoms with E-state index in [0.29, 0.717) is 12.3 Å². The number of hydrogen-bond donors (Lipinski definition) is 2. The maximum absolute atomic E-state index is 11.8. The molecule has 0 heterocycles. The first-order valence-corrected chi connectivity index (χ1v) is 8.28. The van der Waals surface area contributed by atoms with Crippen LogP contribution in [0.5, 0.6) is 0 Å². The molecule has 2 N–H and O–H groups in total. The van der Waals surface area contributed by atoms with Crippen molar-refractivity contribution in [3.05, 3.63) is 0 Å². The highest BCUT2D eigenvalue weighted by molar-refractivity contribution is 7.89. The molecule has 0 spiro atoms. The number of sulfonamides is 1. The summed E-state index contributed by atoms with van der Waals surface area (Å²) in [5.74, 6) is 0.556. The highest BCUT2D eigenvalue weighted by atomic mass is 32.2. The van der Waals surface area contributed by atoms with Gasteiger partial charge in [-0.05, 0) is 38.3 Å². The van der Waals surface area contributed by atoms with Gasteiger partial charge in [0.1, 0.15) is 0 Å². The maximum atomic E-state index is 11.8. The summed E-state index contributed by atoms with van der Waals surface area (Å²) in [5, 5.41) is 3.21. The Labute approximate surface area is 107 Å². The van der Waals surface area contributed by atoms with Gasteiger partial charge in [-0.25, -0.2) is 13.1 Å². The fourth-order valence-electron chi connectivity index (χ4n) is 1.67. The van der Waals surface area contributed by atoms with E-state index in [2.05, 4.69) is 17.0 Å². The molecule has 0 aliphatic rings. The van der Waals surface area contributed by atoms with Crippen molar-refractivity contribution in [2.75, 3.05) is 18.8 Å². The van der Waals surface area contributed by atoms with E-state index in [4.69, 9.17) is 0 Å². The smallest absolute Gasteiger partial charge is 0.211 e. The minimum absolute atomic E-state index is 0.0589. The summed E-state index contributed by atoms with van der Waals surface area (Å²) < 4.78 is 26.4. The van der Waals surface area contributed by atoms with Gasteiger partial charge in [0.15, 0.2) is 0 Å². The van der Waals surface area contributed by atoms with Gasteiger partial charge in [-0.1, -0.05) is 27.7 Å². The molecular formula is C12H28N2O2S. The lowest BCUT2D eigenvalue weighted by Crippen LogP contribution is -2.39. The number of rotatable bonds is 10. The zero-order chi connectivity index (χ0) is 13.3. The van der Waals surface area contributed by atoms with E-state index in [1.807, 2.05) is 20.8 Å². The normalized spacial score (nSPS) is 14.2. The van der Waals surface area contributed by atoms with Crippen LogP contribution in [0.15, 0.2) is 0 Å². The third-order valence-electron chi connectivity index (χ3n) is 2.77. The van der Waals surface area contributed by atoms with Crippen LogP contribution in [0.3, 0.4) is 0 Å². The van der Waals surface area contributed by atoms with Crippen molar-refractivity contribution in [2.45, 2.75) is 53.0 Å². The second-order valence-corrected chi connectivity index (χ2v) is 6.67. The molecule has 0 saturated heterocycles. The predicted molar refractivity (Wildman–Crippen MR) is 73.6 cm³/mol. The Morgan fingerprint density at radius 1 is 1.12 bits per heavy atom. The number of hydrogen-bond acceptors (Lipinski definition) is 3. The Bertz CT molecular complexity index is 276. The third kappa shape index (κ3) is 8.57. The molecule has 0 amide bonds. The Morgan fingerprint density at radius 3 is 2.24 bits per heavy atom. The summed E-state index contributed by atoms with van der Waals surface area (Å²) in [4.78, 5) is 0. The summed E-state index contributed by atoms with van der Waals surface area (Å²) in [6.07, 6.45) is 2.59. The summed E-state index contributed by atoms with van der Waals surface area (Å²) in [5.41, 5.74) is 0. The van der Waals surface area contributed by atoms with Gasteiger partial charge >= 0.3 is 0 Å². The molecule has 0 saturated carbocycles. The van der Waals surface area contributed by atoms with Gasteiger partial charge in [-0.2, -0.15) is 0 Å².